The lowest BCUT2D eigenvalue weighted by atomic mass is 10.1. The number of aliphatic hydroxyl groups is 1. The molecule has 0 bridgehead atoms. The Bertz CT molecular complexity index is 1880. The summed E-state index contributed by atoms with van der Waals surface area (Å²) in [5.74, 6) is 1.15. The van der Waals surface area contributed by atoms with Crippen molar-refractivity contribution >= 4 is 55.1 Å². The summed E-state index contributed by atoms with van der Waals surface area (Å²) in [6.07, 6.45) is 3.89. The lowest BCUT2D eigenvalue weighted by Gasteiger charge is -2.16. The normalized spacial score (nSPS) is 16.8. The molecule has 0 radical (unpaired) electrons. The number of benzene rings is 2. The highest BCUT2D eigenvalue weighted by molar-refractivity contribution is 7.22. The molecule has 7 rings (SSSR count). The largest absolute Gasteiger partial charge is 0.497 e. The maximum Gasteiger partial charge on any atom is 0.251 e. The summed E-state index contributed by atoms with van der Waals surface area (Å²) in [4.78, 5) is 27.7. The Balaban J connectivity index is 1.06. The van der Waals surface area contributed by atoms with Gasteiger partial charge in [0.1, 0.15) is 38.8 Å². The van der Waals surface area contributed by atoms with E-state index in [1.165, 1.54) is 34.0 Å². The van der Waals surface area contributed by atoms with E-state index < -0.39 is 6.10 Å². The van der Waals surface area contributed by atoms with E-state index in [4.69, 9.17) is 24.4 Å². The van der Waals surface area contributed by atoms with Crippen LogP contribution in [0.1, 0.15) is 40.3 Å². The average Bonchev–Trinajstić information content (AvgIpc) is 3.81. The van der Waals surface area contributed by atoms with E-state index in [-0.39, 0.29) is 18.6 Å². The number of aromatic nitrogens is 5. The van der Waals surface area contributed by atoms with E-state index in [9.17, 15) is 9.90 Å². The number of methoxy groups -OCH3 is 1. The number of aryl methyl sites for hydroxylation is 1. The molecule has 42 heavy (non-hydrogen) atoms. The Morgan fingerprint density at radius 3 is 2.74 bits per heavy atom. The van der Waals surface area contributed by atoms with Gasteiger partial charge in [0.2, 0.25) is 4.96 Å². The Morgan fingerprint density at radius 2 is 1.98 bits per heavy atom. The lowest BCUT2D eigenvalue weighted by Crippen LogP contribution is -2.39. The maximum absolute atomic E-state index is 12.6. The van der Waals surface area contributed by atoms with E-state index in [0.29, 0.717) is 17.1 Å². The topological polar surface area (TPSA) is 124 Å². The number of ether oxygens (including phenoxy) is 2. The summed E-state index contributed by atoms with van der Waals surface area (Å²) in [7, 11) is 1.62. The quantitative estimate of drug-likeness (QED) is 0.222. The predicted molar refractivity (Wildman–Crippen MR) is 164 cm³/mol. The van der Waals surface area contributed by atoms with Crippen LogP contribution in [0.2, 0.25) is 0 Å². The molecular weight excluding hydrogens is 593 g/mol. The summed E-state index contributed by atoms with van der Waals surface area (Å²) in [5, 5.41) is 21.9. The Kier molecular flexibility index (Phi) is 7.10. The number of carbonyl (C=O) groups is 1. The van der Waals surface area contributed by atoms with Gasteiger partial charge in [-0.1, -0.05) is 23.5 Å². The molecule has 1 unspecified atom stereocenters. The first-order valence-electron chi connectivity index (χ1n) is 13.4. The molecule has 0 aliphatic heterocycles. The monoisotopic (exact) mass is 618 g/mol. The molecule has 10 nitrogen and oxygen atoms in total. The number of imidazole rings is 1. The first-order valence-corrected chi connectivity index (χ1v) is 15.9. The zero-order chi connectivity index (χ0) is 28.8. The number of rotatable bonds is 8. The predicted octanol–water partition coefficient (Wildman–Crippen LogP) is 5.73. The summed E-state index contributed by atoms with van der Waals surface area (Å²) in [6, 6.07) is 10.9. The van der Waals surface area contributed by atoms with Gasteiger partial charge < -0.3 is 19.9 Å². The summed E-state index contributed by atoms with van der Waals surface area (Å²) in [6.45, 7) is 2.24. The van der Waals surface area contributed by atoms with Gasteiger partial charge in [0.05, 0.1) is 41.4 Å². The van der Waals surface area contributed by atoms with Gasteiger partial charge in [0.25, 0.3) is 5.91 Å². The third kappa shape index (κ3) is 5.24. The van der Waals surface area contributed by atoms with Crippen LogP contribution in [0.3, 0.4) is 0 Å². The van der Waals surface area contributed by atoms with Crippen LogP contribution in [-0.4, -0.2) is 54.8 Å². The number of thiazole rings is 2. The van der Waals surface area contributed by atoms with Crippen LogP contribution >= 0.6 is 34.0 Å². The molecule has 2 atom stereocenters. The van der Waals surface area contributed by atoms with Crippen LogP contribution < -0.4 is 14.8 Å². The minimum absolute atomic E-state index is 0.170. The number of nitrogens with zero attached hydrogens (tertiary/aromatic N) is 5. The Hall–Kier alpha value is -3.91. The molecule has 2 aromatic carbocycles. The second-order valence-corrected chi connectivity index (χ2v) is 13.1. The summed E-state index contributed by atoms with van der Waals surface area (Å²) >= 11 is 4.57. The van der Waals surface area contributed by atoms with Gasteiger partial charge in [0, 0.05) is 28.6 Å². The molecule has 214 valence electrons. The van der Waals surface area contributed by atoms with Gasteiger partial charge in [-0.2, -0.15) is 5.10 Å². The number of carbonyl (C=O) groups excluding carboxylic acids is 1. The van der Waals surface area contributed by atoms with Crippen molar-refractivity contribution in [2.45, 2.75) is 44.9 Å². The molecule has 4 aromatic heterocycles. The molecule has 1 aliphatic rings. The van der Waals surface area contributed by atoms with E-state index in [1.54, 1.807) is 23.8 Å². The van der Waals surface area contributed by atoms with Gasteiger partial charge in [-0.3, -0.25) is 4.79 Å². The number of hydrogen-bond acceptors (Lipinski definition) is 11. The van der Waals surface area contributed by atoms with E-state index in [1.807, 2.05) is 42.8 Å². The first-order chi connectivity index (χ1) is 20.4. The van der Waals surface area contributed by atoms with Gasteiger partial charge in [-0.05, 0) is 38.3 Å². The second-order valence-electron chi connectivity index (χ2n) is 10.1. The van der Waals surface area contributed by atoms with Gasteiger partial charge >= 0.3 is 0 Å². The van der Waals surface area contributed by atoms with Gasteiger partial charge in [-0.25, -0.2) is 19.5 Å². The number of hydrogen-bond donors (Lipinski definition) is 2. The van der Waals surface area contributed by atoms with Gasteiger partial charge in [-0.15, -0.1) is 22.7 Å². The van der Waals surface area contributed by atoms with Crippen molar-refractivity contribution in [1.29, 1.82) is 0 Å². The van der Waals surface area contributed by atoms with Crippen LogP contribution in [0, 0.1) is 6.92 Å². The van der Waals surface area contributed by atoms with Crippen molar-refractivity contribution in [3.63, 3.8) is 0 Å². The number of fused-ring (bicyclic) bond motifs is 2. The SMILES string of the molecule is COc1cc(OCc2csc(-c3ccc(C(=O)NC4CCC[C@@H]4O)cc3)n2)c2sc(-c3cn4nc(C)sc4n3)nc2c1. The fourth-order valence-corrected chi connectivity index (χ4v) is 7.50. The Labute approximate surface area is 252 Å². The van der Waals surface area contributed by atoms with Crippen molar-refractivity contribution in [3.8, 4) is 32.8 Å². The number of aliphatic hydroxyl groups excluding tert-OH is 1. The Morgan fingerprint density at radius 1 is 1.12 bits per heavy atom. The first kappa shape index (κ1) is 27.0. The fourth-order valence-electron chi connectivity index (χ4n) is 5.00. The smallest absolute Gasteiger partial charge is 0.251 e. The average molecular weight is 619 g/mol. The zero-order valence-corrected chi connectivity index (χ0v) is 25.2. The highest BCUT2D eigenvalue weighted by Gasteiger charge is 2.27. The highest BCUT2D eigenvalue weighted by Crippen LogP contribution is 2.39. The third-order valence-electron chi connectivity index (χ3n) is 7.15. The number of amides is 1. The van der Waals surface area contributed by atoms with Crippen molar-refractivity contribution in [1.82, 2.24) is 29.9 Å². The molecule has 13 heteroatoms. The van der Waals surface area contributed by atoms with Crippen LogP contribution in [0.25, 0.3) is 36.5 Å². The third-order valence-corrected chi connectivity index (χ3v) is 10.0. The molecular formula is C29H26N6O4S3. The van der Waals surface area contributed by atoms with Crippen LogP contribution in [0.4, 0.5) is 0 Å². The van der Waals surface area contributed by atoms with Gasteiger partial charge in [0.15, 0.2) is 0 Å². The van der Waals surface area contributed by atoms with E-state index in [0.717, 1.165) is 66.4 Å². The van der Waals surface area contributed by atoms with Crippen LogP contribution in [0.5, 0.6) is 11.5 Å². The molecule has 0 saturated heterocycles. The standard InChI is InChI=1S/C29H26N6O4S3/c1-15-34-35-12-22(33-29(35)41-15)28-32-21-10-19(38-2)11-24(25(21)42-28)39-13-18-14-40-27(30-18)17-8-6-16(7-9-17)26(37)31-20-4-3-5-23(20)36/h6-12,14,20,23,36H,3-5,13H2,1-2H3,(H,31,37)/t20?,23-/m0/s1. The van der Waals surface area contributed by atoms with E-state index in [2.05, 4.69) is 10.4 Å². The zero-order valence-electron chi connectivity index (χ0n) is 22.7. The maximum atomic E-state index is 12.6. The fraction of sp³-hybridized carbons (Fsp3) is 0.276. The van der Waals surface area contributed by atoms with Crippen LogP contribution in [-0.2, 0) is 6.61 Å². The van der Waals surface area contributed by atoms with Crippen molar-refractivity contribution in [2.75, 3.05) is 7.11 Å². The minimum Gasteiger partial charge on any atom is -0.497 e. The molecule has 1 saturated carbocycles. The van der Waals surface area contributed by atoms with Crippen molar-refractivity contribution in [3.05, 3.63) is 64.2 Å². The minimum atomic E-state index is -0.466. The number of nitrogens with one attached hydrogen (secondary N) is 1. The molecule has 1 amide bonds. The summed E-state index contributed by atoms with van der Waals surface area (Å²) in [5.41, 5.74) is 3.82. The molecule has 4 heterocycles. The van der Waals surface area contributed by atoms with Crippen molar-refractivity contribution in [2.24, 2.45) is 0 Å². The highest BCUT2D eigenvalue weighted by atomic mass is 32.1. The molecule has 1 fully saturated rings. The van der Waals surface area contributed by atoms with E-state index >= 15 is 0 Å². The van der Waals surface area contributed by atoms with Crippen molar-refractivity contribution < 1.29 is 19.4 Å². The summed E-state index contributed by atoms with van der Waals surface area (Å²) < 4.78 is 14.4. The second kappa shape index (κ2) is 11.1. The van der Waals surface area contributed by atoms with Crippen LogP contribution in [0.15, 0.2) is 48.0 Å². The molecule has 6 aromatic rings. The molecule has 1 aliphatic carbocycles. The lowest BCUT2D eigenvalue weighted by molar-refractivity contribution is 0.0873. The molecule has 0 spiro atoms. The molecule has 2 N–H and O–H groups in total.